The van der Waals surface area contributed by atoms with Crippen molar-refractivity contribution in [1.82, 2.24) is 4.57 Å². The van der Waals surface area contributed by atoms with Crippen molar-refractivity contribution in [3.63, 3.8) is 0 Å². The van der Waals surface area contributed by atoms with Gasteiger partial charge in [0.2, 0.25) is 17.7 Å². The summed E-state index contributed by atoms with van der Waals surface area (Å²) in [5.41, 5.74) is 2.33. The molecular weight excluding hydrogens is 608 g/mol. The number of thioether (sulfide) groups is 1. The van der Waals surface area contributed by atoms with Crippen LogP contribution in [0.1, 0.15) is 21.9 Å². The number of nitrogens with one attached hydrogen (secondary N) is 1. The van der Waals surface area contributed by atoms with Crippen LogP contribution in [0.25, 0.3) is 0 Å². The van der Waals surface area contributed by atoms with Crippen molar-refractivity contribution in [2.45, 2.75) is 29.7 Å². The lowest BCUT2D eigenvalue weighted by atomic mass is 9.83. The summed E-state index contributed by atoms with van der Waals surface area (Å²) >= 11 is 15.0. The van der Waals surface area contributed by atoms with Gasteiger partial charge in [-0.1, -0.05) is 76.1 Å². The van der Waals surface area contributed by atoms with Gasteiger partial charge in [-0.05, 0) is 55.0 Å². The predicted octanol–water partition coefficient (Wildman–Crippen LogP) is 6.10. The van der Waals surface area contributed by atoms with E-state index in [9.17, 15) is 23.6 Å². The normalized spacial score (nSPS) is 19.7. The van der Waals surface area contributed by atoms with E-state index in [-0.39, 0.29) is 16.6 Å². The molecule has 0 saturated carbocycles. The van der Waals surface area contributed by atoms with Crippen molar-refractivity contribution >= 4 is 75.4 Å². The standard InChI is InChI=1S/C29H20Cl2FN3O4S2/c1-14-5-11-17(12-6-14)35-26(37)22-21(18-3-2-4-19(30)23(18)31)25-28(40-24(22)27(35)38)34(29(39)41-25)13-20(36)33-16-9-7-15(32)8-10-16/h2-12,21-22,24H,13H2,1H3,(H,33,36)/t21-,22-,24+/m0/s1. The Balaban J connectivity index is 1.43. The zero-order valence-corrected chi connectivity index (χ0v) is 24.4. The fourth-order valence-corrected chi connectivity index (χ4v) is 8.37. The molecule has 12 heteroatoms. The minimum absolute atomic E-state index is 0.228. The van der Waals surface area contributed by atoms with Crippen molar-refractivity contribution < 1.29 is 18.8 Å². The quantitative estimate of drug-likeness (QED) is 0.270. The molecule has 3 amide bonds. The summed E-state index contributed by atoms with van der Waals surface area (Å²) in [5, 5.41) is 2.72. The molecule has 4 aromatic rings. The van der Waals surface area contributed by atoms with Crippen LogP contribution in [0, 0.1) is 18.7 Å². The number of halogens is 3. The smallest absolute Gasteiger partial charge is 0.308 e. The SMILES string of the molecule is Cc1ccc(N2C(=O)[C@H]3[C@H](c4cccc(Cl)c4Cl)c4sc(=O)n(CC(=O)Nc5ccc(F)cc5)c4S[C@H]3C2=O)cc1. The molecule has 3 atom stereocenters. The van der Waals surface area contributed by atoms with Crippen molar-refractivity contribution in [3.8, 4) is 0 Å². The van der Waals surface area contributed by atoms with Crippen LogP contribution in [0.4, 0.5) is 15.8 Å². The van der Waals surface area contributed by atoms with E-state index in [1.165, 1.54) is 33.7 Å². The summed E-state index contributed by atoms with van der Waals surface area (Å²) in [6.45, 7) is 1.57. The largest absolute Gasteiger partial charge is 0.325 e. The van der Waals surface area contributed by atoms with Gasteiger partial charge in [-0.3, -0.25) is 23.7 Å². The lowest BCUT2D eigenvalue weighted by Crippen LogP contribution is -2.33. The molecule has 0 aliphatic carbocycles. The maximum atomic E-state index is 14.0. The predicted molar refractivity (Wildman–Crippen MR) is 159 cm³/mol. The number of carbonyl (C=O) groups excluding carboxylic acids is 3. The third-order valence-corrected chi connectivity index (χ3v) is 10.5. The van der Waals surface area contributed by atoms with Crippen LogP contribution >= 0.6 is 46.3 Å². The Morgan fingerprint density at radius 2 is 1.68 bits per heavy atom. The highest BCUT2D eigenvalue weighted by molar-refractivity contribution is 8.00. The van der Waals surface area contributed by atoms with E-state index in [4.69, 9.17) is 23.2 Å². The van der Waals surface area contributed by atoms with Gasteiger partial charge in [0.25, 0.3) is 0 Å². The van der Waals surface area contributed by atoms with Gasteiger partial charge in [0.15, 0.2) is 0 Å². The van der Waals surface area contributed by atoms with E-state index in [0.29, 0.717) is 26.8 Å². The van der Waals surface area contributed by atoms with Gasteiger partial charge in [0.05, 0.1) is 26.7 Å². The van der Waals surface area contributed by atoms with Crippen LogP contribution in [0.5, 0.6) is 0 Å². The van der Waals surface area contributed by atoms with E-state index in [1.54, 1.807) is 30.3 Å². The number of amides is 3. The Labute approximate surface area is 251 Å². The van der Waals surface area contributed by atoms with E-state index < -0.39 is 45.5 Å². The fourth-order valence-electron chi connectivity index (χ4n) is 5.18. The maximum Gasteiger partial charge on any atom is 0.308 e. The number of fused-ring (bicyclic) bond motifs is 2. The second-order valence-corrected chi connectivity index (χ2v) is 12.6. The first-order valence-corrected chi connectivity index (χ1v) is 14.9. The number of anilines is 2. The number of nitrogens with zero attached hydrogens (tertiary/aromatic N) is 2. The van der Waals surface area contributed by atoms with Crippen LogP contribution in [0.2, 0.25) is 10.0 Å². The van der Waals surface area contributed by atoms with Crippen LogP contribution in [0.15, 0.2) is 76.6 Å². The second kappa shape index (κ2) is 10.8. The summed E-state index contributed by atoms with van der Waals surface area (Å²) in [5.74, 6) is -3.36. The third-order valence-electron chi connectivity index (χ3n) is 7.09. The first-order valence-electron chi connectivity index (χ1n) is 12.5. The number of aryl methyl sites for hydroxylation is 1. The number of rotatable bonds is 5. The molecule has 0 bridgehead atoms. The van der Waals surface area contributed by atoms with Crippen LogP contribution in [-0.2, 0) is 20.9 Å². The minimum Gasteiger partial charge on any atom is -0.325 e. The molecule has 3 heterocycles. The van der Waals surface area contributed by atoms with Crippen LogP contribution < -0.4 is 15.1 Å². The summed E-state index contributed by atoms with van der Waals surface area (Å²) in [6.07, 6.45) is 0. The summed E-state index contributed by atoms with van der Waals surface area (Å²) < 4.78 is 14.6. The Kier molecular flexibility index (Phi) is 7.27. The third kappa shape index (κ3) is 4.88. The summed E-state index contributed by atoms with van der Waals surface area (Å²) in [6, 6.07) is 17.4. The van der Waals surface area contributed by atoms with E-state index in [1.807, 2.05) is 19.1 Å². The van der Waals surface area contributed by atoms with Crippen molar-refractivity contribution in [2.75, 3.05) is 10.2 Å². The van der Waals surface area contributed by atoms with Crippen LogP contribution in [-0.4, -0.2) is 27.5 Å². The van der Waals surface area contributed by atoms with Gasteiger partial charge in [-0.2, -0.15) is 0 Å². The number of hydrogen-bond donors (Lipinski definition) is 1. The Bertz CT molecular complexity index is 1770. The number of hydrogen-bond acceptors (Lipinski definition) is 6. The molecule has 208 valence electrons. The first kappa shape index (κ1) is 27.7. The van der Waals surface area contributed by atoms with E-state index in [0.717, 1.165) is 28.7 Å². The molecule has 0 unspecified atom stereocenters. The zero-order chi connectivity index (χ0) is 29.0. The Hall–Kier alpha value is -3.44. The molecule has 41 heavy (non-hydrogen) atoms. The van der Waals surface area contributed by atoms with Crippen molar-refractivity contribution in [1.29, 1.82) is 0 Å². The maximum absolute atomic E-state index is 14.0. The molecule has 6 rings (SSSR count). The van der Waals surface area contributed by atoms with Gasteiger partial charge < -0.3 is 5.32 Å². The lowest BCUT2D eigenvalue weighted by molar-refractivity contribution is -0.122. The van der Waals surface area contributed by atoms with Crippen molar-refractivity contribution in [2.24, 2.45) is 5.92 Å². The molecule has 7 nitrogen and oxygen atoms in total. The average Bonchev–Trinajstić information content (AvgIpc) is 3.38. The number of thiazole rings is 1. The number of benzene rings is 3. The first-order chi connectivity index (χ1) is 19.6. The molecule has 2 aliphatic heterocycles. The van der Waals surface area contributed by atoms with Gasteiger partial charge in [-0.25, -0.2) is 9.29 Å². The van der Waals surface area contributed by atoms with E-state index >= 15 is 0 Å². The van der Waals surface area contributed by atoms with Crippen LogP contribution in [0.3, 0.4) is 0 Å². The topological polar surface area (TPSA) is 88.5 Å². The van der Waals surface area contributed by atoms with E-state index in [2.05, 4.69) is 5.32 Å². The molecule has 3 aromatic carbocycles. The fraction of sp³-hybridized carbons (Fsp3) is 0.172. The average molecular weight is 629 g/mol. The Morgan fingerprint density at radius 1 is 0.976 bits per heavy atom. The highest BCUT2D eigenvalue weighted by Gasteiger charge is 2.57. The van der Waals surface area contributed by atoms with Gasteiger partial charge in [-0.15, -0.1) is 0 Å². The van der Waals surface area contributed by atoms with Crippen molar-refractivity contribution in [3.05, 3.63) is 108 Å². The molecule has 2 aliphatic rings. The molecule has 1 saturated heterocycles. The molecule has 0 spiro atoms. The second-order valence-electron chi connectivity index (χ2n) is 9.71. The summed E-state index contributed by atoms with van der Waals surface area (Å²) in [7, 11) is 0. The number of aromatic nitrogens is 1. The molecular formula is C29H20Cl2FN3O4S2. The lowest BCUT2D eigenvalue weighted by Gasteiger charge is -2.31. The summed E-state index contributed by atoms with van der Waals surface area (Å²) in [4.78, 5) is 55.3. The molecule has 1 N–H and O–H groups in total. The van der Waals surface area contributed by atoms with Gasteiger partial charge in [0, 0.05) is 16.5 Å². The monoisotopic (exact) mass is 627 g/mol. The number of imide groups is 1. The zero-order valence-electron chi connectivity index (χ0n) is 21.3. The number of carbonyl (C=O) groups is 3. The molecule has 0 radical (unpaired) electrons. The molecule has 1 fully saturated rings. The highest BCUT2D eigenvalue weighted by Crippen LogP contribution is 2.55. The minimum atomic E-state index is -0.864. The molecule has 1 aromatic heterocycles. The Morgan fingerprint density at radius 3 is 2.39 bits per heavy atom. The van der Waals surface area contributed by atoms with Gasteiger partial charge >= 0.3 is 4.87 Å². The highest BCUT2D eigenvalue weighted by atomic mass is 35.5. The van der Waals surface area contributed by atoms with Gasteiger partial charge in [0.1, 0.15) is 17.6 Å².